The van der Waals surface area contributed by atoms with Crippen LogP contribution >= 0.6 is 0 Å². The number of aliphatic hydroxyl groups excluding tert-OH is 1. The van der Waals surface area contributed by atoms with Gasteiger partial charge in [-0.2, -0.15) is 0 Å². The number of nitrogens with one attached hydrogen (secondary N) is 2. The Labute approximate surface area is 163 Å². The largest absolute Gasteiger partial charge is 0.445 e. The van der Waals surface area contributed by atoms with Crippen LogP contribution in [0.25, 0.3) is 0 Å². The normalized spacial score (nSPS) is 13.7. The molecule has 9 nitrogen and oxygen atoms in total. The number of carbonyl (C=O) groups excluding carboxylic acids is 4. The van der Waals surface area contributed by atoms with E-state index in [0.29, 0.717) is 6.42 Å². The molecule has 0 fully saturated rings. The van der Waals surface area contributed by atoms with Gasteiger partial charge in [-0.15, -0.1) is 0 Å². The molecular weight excluding hydrogens is 366 g/mol. The molecule has 0 aliphatic carbocycles. The number of ketones is 1. The summed E-state index contributed by atoms with van der Waals surface area (Å²) in [6, 6.07) is 6.48. The molecule has 0 aliphatic heterocycles. The highest BCUT2D eigenvalue weighted by Crippen LogP contribution is 2.04. The first-order valence-electron chi connectivity index (χ1n) is 9.01. The summed E-state index contributed by atoms with van der Waals surface area (Å²) in [4.78, 5) is 47.3. The summed E-state index contributed by atoms with van der Waals surface area (Å²) in [7, 11) is 0. The van der Waals surface area contributed by atoms with Crippen molar-refractivity contribution >= 4 is 23.7 Å². The fourth-order valence-electron chi connectivity index (χ4n) is 2.33. The molecule has 3 amide bonds. The molecule has 9 heteroatoms. The van der Waals surface area contributed by atoms with Crippen LogP contribution in [0.2, 0.25) is 0 Å². The Bertz CT molecular complexity index is 678. The molecule has 0 bridgehead atoms. The van der Waals surface area contributed by atoms with E-state index in [1.807, 2.05) is 6.07 Å². The molecule has 0 saturated carbocycles. The summed E-state index contributed by atoms with van der Waals surface area (Å²) < 4.78 is 5.03. The van der Waals surface area contributed by atoms with Crippen LogP contribution in [0.1, 0.15) is 38.7 Å². The second kappa shape index (κ2) is 11.7. The molecule has 0 heterocycles. The van der Waals surface area contributed by atoms with E-state index >= 15 is 0 Å². The Hall–Kier alpha value is -2.94. The summed E-state index contributed by atoms with van der Waals surface area (Å²) in [5.41, 5.74) is 6.02. The number of Topliss-reactive ketones (excluding diaryl/α,β-unsaturated/α-hetero) is 1. The Morgan fingerprint density at radius 2 is 1.79 bits per heavy atom. The number of alkyl carbamates (subject to hydrolysis) is 1. The molecule has 1 aromatic carbocycles. The van der Waals surface area contributed by atoms with E-state index in [0.717, 1.165) is 5.56 Å². The van der Waals surface area contributed by atoms with Gasteiger partial charge < -0.3 is 26.2 Å². The topological polar surface area (TPSA) is 148 Å². The van der Waals surface area contributed by atoms with Gasteiger partial charge in [-0.1, -0.05) is 37.3 Å². The van der Waals surface area contributed by atoms with Crippen LogP contribution in [-0.2, 0) is 25.7 Å². The molecule has 1 rings (SSSR count). The van der Waals surface area contributed by atoms with Crippen molar-refractivity contribution in [2.24, 2.45) is 5.73 Å². The lowest BCUT2D eigenvalue weighted by atomic mass is 10.1. The van der Waals surface area contributed by atoms with E-state index < -0.39 is 36.1 Å². The molecule has 154 valence electrons. The van der Waals surface area contributed by atoms with E-state index in [1.54, 1.807) is 31.2 Å². The molecule has 5 N–H and O–H groups in total. The summed E-state index contributed by atoms with van der Waals surface area (Å²) in [6.07, 6.45) is -1.73. The van der Waals surface area contributed by atoms with Gasteiger partial charge in [0.2, 0.25) is 11.8 Å². The van der Waals surface area contributed by atoms with Crippen molar-refractivity contribution in [1.82, 2.24) is 10.6 Å². The number of aliphatic hydroxyl groups is 1. The third-order valence-electron chi connectivity index (χ3n) is 4.02. The van der Waals surface area contributed by atoms with Crippen molar-refractivity contribution in [3.63, 3.8) is 0 Å². The van der Waals surface area contributed by atoms with Crippen LogP contribution in [0.3, 0.4) is 0 Å². The zero-order chi connectivity index (χ0) is 21.1. The van der Waals surface area contributed by atoms with Gasteiger partial charge in [0.1, 0.15) is 24.5 Å². The molecule has 0 aliphatic rings. The number of amides is 3. The predicted molar refractivity (Wildman–Crippen MR) is 101 cm³/mol. The molecular formula is C19H27N3O6. The van der Waals surface area contributed by atoms with Gasteiger partial charge >= 0.3 is 6.09 Å². The molecule has 0 radical (unpaired) electrons. The van der Waals surface area contributed by atoms with Crippen LogP contribution < -0.4 is 16.4 Å². The third-order valence-corrected chi connectivity index (χ3v) is 4.02. The number of hydrogen-bond acceptors (Lipinski definition) is 6. The average Bonchev–Trinajstić information content (AvgIpc) is 2.67. The van der Waals surface area contributed by atoms with Gasteiger partial charge in [-0.3, -0.25) is 14.4 Å². The lowest BCUT2D eigenvalue weighted by Gasteiger charge is -2.23. The van der Waals surface area contributed by atoms with Crippen molar-refractivity contribution in [1.29, 1.82) is 0 Å². The summed E-state index contributed by atoms with van der Waals surface area (Å²) >= 11 is 0. The summed E-state index contributed by atoms with van der Waals surface area (Å²) in [6.45, 7) is 2.99. The number of primary amides is 1. The Kier molecular flexibility index (Phi) is 9.66. The Balaban J connectivity index is 2.64. The summed E-state index contributed by atoms with van der Waals surface area (Å²) in [5.74, 6) is -1.69. The van der Waals surface area contributed by atoms with Crippen LogP contribution in [0.5, 0.6) is 0 Å². The van der Waals surface area contributed by atoms with Gasteiger partial charge in [0.05, 0.1) is 6.10 Å². The maximum atomic E-state index is 12.4. The van der Waals surface area contributed by atoms with Crippen LogP contribution in [0.4, 0.5) is 4.79 Å². The highest BCUT2D eigenvalue weighted by Gasteiger charge is 2.29. The maximum Gasteiger partial charge on any atom is 0.408 e. The summed E-state index contributed by atoms with van der Waals surface area (Å²) in [5, 5.41) is 14.4. The molecule has 1 aromatic rings. The van der Waals surface area contributed by atoms with E-state index in [9.17, 15) is 24.3 Å². The highest BCUT2D eigenvalue weighted by atomic mass is 16.5. The predicted octanol–water partition coefficient (Wildman–Crippen LogP) is 0.392. The van der Waals surface area contributed by atoms with Crippen molar-refractivity contribution in [2.75, 3.05) is 0 Å². The second-order valence-corrected chi connectivity index (χ2v) is 6.32. The monoisotopic (exact) mass is 393 g/mol. The fourth-order valence-corrected chi connectivity index (χ4v) is 2.33. The van der Waals surface area contributed by atoms with Gasteiger partial charge in [0.25, 0.3) is 0 Å². The van der Waals surface area contributed by atoms with Crippen LogP contribution in [0, 0.1) is 0 Å². The van der Waals surface area contributed by atoms with Crippen LogP contribution in [-0.4, -0.2) is 47.0 Å². The minimum Gasteiger partial charge on any atom is -0.445 e. The Morgan fingerprint density at radius 3 is 2.32 bits per heavy atom. The van der Waals surface area contributed by atoms with Gasteiger partial charge in [0, 0.05) is 12.8 Å². The first-order chi connectivity index (χ1) is 13.2. The lowest BCUT2D eigenvalue weighted by Crippen LogP contribution is -2.56. The second-order valence-electron chi connectivity index (χ2n) is 6.32. The number of benzene rings is 1. The van der Waals surface area contributed by atoms with E-state index in [2.05, 4.69) is 10.6 Å². The Morgan fingerprint density at radius 1 is 1.14 bits per heavy atom. The quantitative estimate of drug-likeness (QED) is 0.427. The molecule has 0 saturated heterocycles. The standard InChI is InChI=1S/C19H27N3O6/c1-3-14(24)9-10-15(17(20)25)21-18(26)16(12(2)23)22-19(27)28-11-13-7-5-4-6-8-13/h4-8,12,15-16,23H,3,9-11H2,1-2H3,(H2,20,25)(H,21,26)(H,22,27)/t12-,15+,16+/m1/s1. The molecule has 0 unspecified atom stereocenters. The fraction of sp³-hybridized carbons (Fsp3) is 0.474. The maximum absolute atomic E-state index is 12.4. The first kappa shape index (κ1) is 23.1. The zero-order valence-electron chi connectivity index (χ0n) is 16.0. The van der Waals surface area contributed by atoms with Crippen molar-refractivity contribution in [3.05, 3.63) is 35.9 Å². The van der Waals surface area contributed by atoms with Crippen LogP contribution in [0.15, 0.2) is 30.3 Å². The van der Waals surface area contributed by atoms with Crippen molar-refractivity contribution < 1.29 is 29.0 Å². The highest BCUT2D eigenvalue weighted by molar-refractivity contribution is 5.91. The number of rotatable bonds is 11. The molecule has 3 atom stereocenters. The zero-order valence-corrected chi connectivity index (χ0v) is 16.0. The minimum absolute atomic E-state index is 0.0101. The number of carbonyl (C=O) groups is 4. The smallest absolute Gasteiger partial charge is 0.408 e. The van der Waals surface area contributed by atoms with Crippen molar-refractivity contribution in [2.45, 2.75) is 57.9 Å². The average molecular weight is 393 g/mol. The molecule has 0 spiro atoms. The first-order valence-corrected chi connectivity index (χ1v) is 9.01. The van der Waals surface area contributed by atoms with E-state index in [4.69, 9.17) is 10.5 Å². The third kappa shape index (κ3) is 8.17. The number of hydrogen-bond donors (Lipinski definition) is 4. The number of ether oxygens (including phenoxy) is 1. The molecule has 28 heavy (non-hydrogen) atoms. The van der Waals surface area contributed by atoms with Gasteiger partial charge in [-0.05, 0) is 18.9 Å². The lowest BCUT2D eigenvalue weighted by molar-refractivity contribution is -0.130. The molecule has 0 aromatic heterocycles. The van der Waals surface area contributed by atoms with Crippen molar-refractivity contribution in [3.8, 4) is 0 Å². The van der Waals surface area contributed by atoms with E-state index in [1.165, 1.54) is 6.92 Å². The SMILES string of the molecule is CCC(=O)CC[C@H](NC(=O)[C@@H](NC(=O)OCc1ccccc1)[C@@H](C)O)C(N)=O. The van der Waals surface area contributed by atoms with Gasteiger partial charge in [-0.25, -0.2) is 4.79 Å². The van der Waals surface area contributed by atoms with Gasteiger partial charge in [0.15, 0.2) is 0 Å². The minimum atomic E-state index is -1.35. The number of nitrogens with two attached hydrogens (primary N) is 1. The van der Waals surface area contributed by atoms with E-state index in [-0.39, 0.29) is 25.2 Å².